The van der Waals surface area contributed by atoms with Crippen molar-refractivity contribution in [2.45, 2.75) is 0 Å². The molecule has 0 aliphatic rings. The molecule has 0 aliphatic carbocycles. The smallest absolute Gasteiger partial charge is 0.0991 e. The van der Waals surface area contributed by atoms with E-state index in [0.29, 0.717) is 11.1 Å². The zero-order valence-electron chi connectivity index (χ0n) is 11.8. The third kappa shape index (κ3) is 2.59. The predicted molar refractivity (Wildman–Crippen MR) is 86.7 cm³/mol. The second-order valence-electron chi connectivity index (χ2n) is 4.93. The molecule has 3 rings (SSSR count). The summed E-state index contributed by atoms with van der Waals surface area (Å²) in [5, 5.41) is 18.2. The molecule has 0 aromatic heterocycles. The van der Waals surface area contributed by atoms with E-state index < -0.39 is 0 Å². The Kier molecular flexibility index (Phi) is 3.69. The van der Waals surface area contributed by atoms with Crippen LogP contribution in [0.3, 0.4) is 0 Å². The fraction of sp³-hybridized carbons (Fsp3) is 0. The van der Waals surface area contributed by atoms with Crippen LogP contribution in [0.4, 0.5) is 0 Å². The average Bonchev–Trinajstić information content (AvgIpc) is 2.62. The van der Waals surface area contributed by atoms with Gasteiger partial charge in [0.05, 0.1) is 23.3 Å². The van der Waals surface area contributed by atoms with Crippen molar-refractivity contribution in [3.8, 4) is 34.4 Å². The molecule has 0 amide bonds. The minimum Gasteiger partial charge on any atom is -0.192 e. The summed E-state index contributed by atoms with van der Waals surface area (Å²) >= 11 is 0. The number of rotatable bonds is 2. The average molecular weight is 280 g/mol. The Bertz CT molecular complexity index is 835. The van der Waals surface area contributed by atoms with Gasteiger partial charge in [-0.1, -0.05) is 48.5 Å². The van der Waals surface area contributed by atoms with Gasteiger partial charge in [-0.25, -0.2) is 0 Å². The van der Waals surface area contributed by atoms with Gasteiger partial charge in [0, 0.05) is 0 Å². The number of benzene rings is 3. The molecule has 0 atom stereocenters. The maximum absolute atomic E-state index is 9.08. The minimum absolute atomic E-state index is 0.637. The Morgan fingerprint density at radius 3 is 1.41 bits per heavy atom. The lowest BCUT2D eigenvalue weighted by molar-refractivity contribution is 1.47. The third-order valence-corrected chi connectivity index (χ3v) is 3.53. The first-order valence-electron chi connectivity index (χ1n) is 6.92. The van der Waals surface area contributed by atoms with Gasteiger partial charge >= 0.3 is 0 Å². The van der Waals surface area contributed by atoms with Crippen LogP contribution < -0.4 is 0 Å². The number of hydrogen-bond donors (Lipinski definition) is 0. The molecule has 2 nitrogen and oxygen atoms in total. The standard InChI is InChI=1S/C20H12N2/c21-13-15-5-3-7-17(11-15)19-9-1-2-10-20(19)18-8-4-6-16(12-18)14-22/h1-12H. The predicted octanol–water partition coefficient (Wildman–Crippen LogP) is 4.76. The van der Waals surface area contributed by atoms with E-state index in [0.717, 1.165) is 22.3 Å². The SMILES string of the molecule is N#Cc1cccc(-c2ccccc2-c2cccc(C#N)c2)c1. The van der Waals surface area contributed by atoms with Crippen LogP contribution in [0.15, 0.2) is 72.8 Å². The fourth-order valence-electron chi connectivity index (χ4n) is 2.50. The van der Waals surface area contributed by atoms with Crippen LogP contribution in [0.1, 0.15) is 11.1 Å². The van der Waals surface area contributed by atoms with Gasteiger partial charge in [-0.15, -0.1) is 0 Å². The van der Waals surface area contributed by atoms with Crippen molar-refractivity contribution in [1.82, 2.24) is 0 Å². The summed E-state index contributed by atoms with van der Waals surface area (Å²) in [6, 6.07) is 27.5. The molecule has 0 saturated heterocycles. The highest BCUT2D eigenvalue weighted by Gasteiger charge is 2.08. The van der Waals surface area contributed by atoms with Gasteiger partial charge in [0.1, 0.15) is 0 Å². The van der Waals surface area contributed by atoms with Crippen molar-refractivity contribution in [3.05, 3.63) is 83.9 Å². The molecule has 0 spiro atoms. The molecule has 2 heteroatoms. The number of hydrogen-bond acceptors (Lipinski definition) is 2. The molecule has 0 fully saturated rings. The Morgan fingerprint density at radius 1 is 0.545 bits per heavy atom. The summed E-state index contributed by atoms with van der Waals surface area (Å²) in [7, 11) is 0. The zero-order chi connectivity index (χ0) is 15.4. The molecule has 0 N–H and O–H groups in total. The van der Waals surface area contributed by atoms with E-state index in [4.69, 9.17) is 10.5 Å². The van der Waals surface area contributed by atoms with Crippen LogP contribution in [0.25, 0.3) is 22.3 Å². The second-order valence-corrected chi connectivity index (χ2v) is 4.93. The van der Waals surface area contributed by atoms with Crippen LogP contribution in [-0.4, -0.2) is 0 Å². The highest BCUT2D eigenvalue weighted by molar-refractivity contribution is 5.84. The summed E-state index contributed by atoms with van der Waals surface area (Å²) < 4.78 is 0. The molecule has 0 heterocycles. The van der Waals surface area contributed by atoms with E-state index >= 15 is 0 Å². The van der Waals surface area contributed by atoms with Gasteiger partial charge in [-0.05, 0) is 46.5 Å². The van der Waals surface area contributed by atoms with Gasteiger partial charge in [-0.3, -0.25) is 0 Å². The molecule has 0 radical (unpaired) electrons. The molecule has 0 unspecified atom stereocenters. The van der Waals surface area contributed by atoms with Crippen molar-refractivity contribution in [1.29, 1.82) is 10.5 Å². The summed E-state index contributed by atoms with van der Waals surface area (Å²) in [4.78, 5) is 0. The lowest BCUT2D eigenvalue weighted by Gasteiger charge is -2.10. The Hall–Kier alpha value is -3.36. The van der Waals surface area contributed by atoms with Crippen LogP contribution >= 0.6 is 0 Å². The lowest BCUT2D eigenvalue weighted by atomic mass is 9.93. The van der Waals surface area contributed by atoms with Crippen LogP contribution in [0.5, 0.6) is 0 Å². The van der Waals surface area contributed by atoms with Gasteiger partial charge in [0.15, 0.2) is 0 Å². The van der Waals surface area contributed by atoms with E-state index in [2.05, 4.69) is 12.1 Å². The Labute approximate surface area is 129 Å². The first-order valence-corrected chi connectivity index (χ1v) is 6.92. The molecule has 0 aliphatic heterocycles. The van der Waals surface area contributed by atoms with Crippen molar-refractivity contribution in [2.24, 2.45) is 0 Å². The second kappa shape index (κ2) is 5.95. The van der Waals surface area contributed by atoms with Crippen LogP contribution in [0.2, 0.25) is 0 Å². The monoisotopic (exact) mass is 280 g/mol. The van der Waals surface area contributed by atoms with E-state index in [1.165, 1.54) is 0 Å². The third-order valence-electron chi connectivity index (χ3n) is 3.53. The molecule has 3 aromatic rings. The first kappa shape index (κ1) is 13.6. The largest absolute Gasteiger partial charge is 0.192 e. The maximum atomic E-state index is 9.08. The molecule has 3 aromatic carbocycles. The highest BCUT2D eigenvalue weighted by Crippen LogP contribution is 2.32. The van der Waals surface area contributed by atoms with Crippen molar-refractivity contribution < 1.29 is 0 Å². The molecule has 22 heavy (non-hydrogen) atoms. The summed E-state index contributed by atoms with van der Waals surface area (Å²) in [6.45, 7) is 0. The Morgan fingerprint density at radius 2 is 1.00 bits per heavy atom. The molecular formula is C20H12N2. The quantitative estimate of drug-likeness (QED) is 0.679. The van der Waals surface area contributed by atoms with Gasteiger partial charge in [0.2, 0.25) is 0 Å². The van der Waals surface area contributed by atoms with Gasteiger partial charge in [-0.2, -0.15) is 10.5 Å². The normalized spacial score (nSPS) is 9.73. The lowest BCUT2D eigenvalue weighted by Crippen LogP contribution is -1.86. The van der Waals surface area contributed by atoms with E-state index in [1.807, 2.05) is 60.7 Å². The number of nitrogens with zero attached hydrogens (tertiary/aromatic N) is 2. The zero-order valence-corrected chi connectivity index (χ0v) is 11.8. The molecule has 0 saturated carbocycles. The first-order chi connectivity index (χ1) is 10.8. The van der Waals surface area contributed by atoms with Crippen molar-refractivity contribution in [3.63, 3.8) is 0 Å². The van der Waals surface area contributed by atoms with E-state index in [1.54, 1.807) is 12.1 Å². The molecular weight excluding hydrogens is 268 g/mol. The summed E-state index contributed by atoms with van der Waals surface area (Å²) in [5.41, 5.74) is 5.37. The summed E-state index contributed by atoms with van der Waals surface area (Å²) in [6.07, 6.45) is 0. The van der Waals surface area contributed by atoms with Gasteiger partial charge < -0.3 is 0 Å². The highest BCUT2D eigenvalue weighted by atomic mass is 14.2. The van der Waals surface area contributed by atoms with Crippen molar-refractivity contribution in [2.75, 3.05) is 0 Å². The van der Waals surface area contributed by atoms with Crippen LogP contribution in [-0.2, 0) is 0 Å². The minimum atomic E-state index is 0.637. The number of nitriles is 2. The van der Waals surface area contributed by atoms with Gasteiger partial charge in [0.25, 0.3) is 0 Å². The molecule has 0 bridgehead atoms. The molecule has 102 valence electrons. The maximum Gasteiger partial charge on any atom is 0.0991 e. The van der Waals surface area contributed by atoms with E-state index in [9.17, 15) is 0 Å². The van der Waals surface area contributed by atoms with E-state index in [-0.39, 0.29) is 0 Å². The fourth-order valence-corrected chi connectivity index (χ4v) is 2.50. The Balaban J connectivity index is 2.18. The van der Waals surface area contributed by atoms with Crippen molar-refractivity contribution >= 4 is 0 Å². The topological polar surface area (TPSA) is 47.6 Å². The summed E-state index contributed by atoms with van der Waals surface area (Å²) in [5.74, 6) is 0. The van der Waals surface area contributed by atoms with Crippen LogP contribution in [0, 0.1) is 22.7 Å².